The summed E-state index contributed by atoms with van der Waals surface area (Å²) >= 11 is 0. The van der Waals surface area contributed by atoms with Crippen LogP contribution in [0, 0.1) is 11.3 Å². The van der Waals surface area contributed by atoms with Crippen molar-refractivity contribution in [2.75, 3.05) is 24.2 Å². The van der Waals surface area contributed by atoms with Crippen molar-refractivity contribution in [1.82, 2.24) is 0 Å². The van der Waals surface area contributed by atoms with Crippen molar-refractivity contribution in [2.24, 2.45) is 11.3 Å². The third-order valence-corrected chi connectivity index (χ3v) is 4.46. The topological polar surface area (TPSA) is 47.3 Å². The Hall–Kier alpha value is -1.38. The number of nitrogens with one attached hydrogen (secondary N) is 1. The molecular formula is C16H24N2O. The highest BCUT2D eigenvalue weighted by Gasteiger charge is 2.53. The standard InChI is InChI=1S/C16H24N2O/c1-2-9-19-15-10-13(5-6-14(15)17)18-11-16(7-8-16)12-3-4-12/h5-6,10,12,18H,2-4,7-9,11,17H2,1H3. The van der Waals surface area contributed by atoms with E-state index in [0.29, 0.717) is 5.41 Å². The van der Waals surface area contributed by atoms with Crippen molar-refractivity contribution in [2.45, 2.75) is 39.0 Å². The van der Waals surface area contributed by atoms with E-state index in [1.54, 1.807) is 0 Å². The van der Waals surface area contributed by atoms with Crippen LogP contribution in [0.2, 0.25) is 0 Å². The lowest BCUT2D eigenvalue weighted by molar-refractivity contribution is 0.319. The average molecular weight is 260 g/mol. The van der Waals surface area contributed by atoms with Gasteiger partial charge in [0.25, 0.3) is 0 Å². The summed E-state index contributed by atoms with van der Waals surface area (Å²) in [5.74, 6) is 1.80. The Morgan fingerprint density at radius 2 is 2.16 bits per heavy atom. The molecule has 19 heavy (non-hydrogen) atoms. The van der Waals surface area contributed by atoms with Gasteiger partial charge in [0.05, 0.1) is 12.3 Å². The second-order valence-corrected chi connectivity index (χ2v) is 6.09. The summed E-state index contributed by atoms with van der Waals surface area (Å²) in [7, 11) is 0. The number of hydrogen-bond donors (Lipinski definition) is 2. The summed E-state index contributed by atoms with van der Waals surface area (Å²) in [6.45, 7) is 3.93. The summed E-state index contributed by atoms with van der Waals surface area (Å²) in [6.07, 6.45) is 6.68. The van der Waals surface area contributed by atoms with E-state index in [1.807, 2.05) is 12.1 Å². The van der Waals surface area contributed by atoms with E-state index in [-0.39, 0.29) is 0 Å². The van der Waals surface area contributed by atoms with E-state index in [1.165, 1.54) is 25.7 Å². The summed E-state index contributed by atoms with van der Waals surface area (Å²) < 4.78 is 5.67. The van der Waals surface area contributed by atoms with Crippen molar-refractivity contribution in [3.05, 3.63) is 18.2 Å². The van der Waals surface area contributed by atoms with Crippen LogP contribution < -0.4 is 15.8 Å². The molecule has 104 valence electrons. The molecule has 2 aliphatic carbocycles. The zero-order valence-electron chi connectivity index (χ0n) is 11.7. The first-order chi connectivity index (χ1) is 9.23. The molecule has 3 N–H and O–H groups in total. The Kier molecular flexibility index (Phi) is 3.29. The minimum Gasteiger partial charge on any atom is -0.491 e. The van der Waals surface area contributed by atoms with Crippen LogP contribution in [0.4, 0.5) is 11.4 Å². The van der Waals surface area contributed by atoms with E-state index in [0.717, 1.165) is 42.6 Å². The molecule has 0 unspecified atom stereocenters. The van der Waals surface area contributed by atoms with Crippen LogP contribution in [0.1, 0.15) is 39.0 Å². The predicted octanol–water partition coefficient (Wildman–Crippen LogP) is 3.66. The fourth-order valence-electron chi connectivity index (χ4n) is 2.85. The Bertz CT molecular complexity index is 450. The van der Waals surface area contributed by atoms with E-state index in [2.05, 4.69) is 18.3 Å². The van der Waals surface area contributed by atoms with Crippen LogP contribution in [0.3, 0.4) is 0 Å². The minimum atomic E-state index is 0.617. The molecule has 0 spiro atoms. The summed E-state index contributed by atoms with van der Waals surface area (Å²) in [4.78, 5) is 0. The summed E-state index contributed by atoms with van der Waals surface area (Å²) in [6, 6.07) is 6.02. The van der Waals surface area contributed by atoms with Gasteiger partial charge in [0.2, 0.25) is 0 Å². The molecule has 0 bridgehead atoms. The Morgan fingerprint density at radius 3 is 2.79 bits per heavy atom. The number of ether oxygens (including phenoxy) is 1. The third kappa shape index (κ3) is 2.80. The molecule has 0 radical (unpaired) electrons. The lowest BCUT2D eigenvalue weighted by Gasteiger charge is -2.17. The highest BCUT2D eigenvalue weighted by atomic mass is 16.5. The highest BCUT2D eigenvalue weighted by Crippen LogP contribution is 2.61. The molecule has 2 fully saturated rings. The van der Waals surface area contributed by atoms with Crippen molar-refractivity contribution < 1.29 is 4.74 Å². The van der Waals surface area contributed by atoms with Gasteiger partial charge in [-0.25, -0.2) is 0 Å². The van der Waals surface area contributed by atoms with Crippen LogP contribution in [-0.2, 0) is 0 Å². The zero-order chi connectivity index (χ0) is 13.3. The number of rotatable bonds is 7. The first-order valence-electron chi connectivity index (χ1n) is 7.50. The van der Waals surface area contributed by atoms with Crippen molar-refractivity contribution in [3.63, 3.8) is 0 Å². The fourth-order valence-corrected chi connectivity index (χ4v) is 2.85. The quantitative estimate of drug-likeness (QED) is 0.735. The van der Waals surface area contributed by atoms with E-state index in [9.17, 15) is 0 Å². The number of anilines is 2. The fraction of sp³-hybridized carbons (Fsp3) is 0.625. The molecule has 2 saturated carbocycles. The normalized spacial score (nSPS) is 20.1. The van der Waals surface area contributed by atoms with Gasteiger partial charge in [0, 0.05) is 18.3 Å². The number of nitrogens with two attached hydrogens (primary N) is 1. The first-order valence-corrected chi connectivity index (χ1v) is 7.50. The molecule has 1 aromatic carbocycles. The molecule has 3 nitrogen and oxygen atoms in total. The summed E-state index contributed by atoms with van der Waals surface area (Å²) in [5.41, 5.74) is 8.40. The maximum atomic E-state index is 5.93. The van der Waals surface area contributed by atoms with E-state index < -0.39 is 0 Å². The maximum absolute atomic E-state index is 5.93. The van der Waals surface area contributed by atoms with Gasteiger partial charge in [-0.05, 0) is 55.6 Å². The van der Waals surface area contributed by atoms with Crippen LogP contribution >= 0.6 is 0 Å². The molecule has 0 aliphatic heterocycles. The molecule has 3 rings (SSSR count). The van der Waals surface area contributed by atoms with E-state index in [4.69, 9.17) is 10.5 Å². The highest BCUT2D eigenvalue weighted by molar-refractivity contribution is 5.61. The van der Waals surface area contributed by atoms with Crippen LogP contribution in [0.15, 0.2) is 18.2 Å². The maximum Gasteiger partial charge on any atom is 0.144 e. The molecule has 0 heterocycles. The minimum absolute atomic E-state index is 0.617. The van der Waals surface area contributed by atoms with E-state index >= 15 is 0 Å². The molecule has 0 aromatic heterocycles. The molecule has 0 atom stereocenters. The van der Waals surface area contributed by atoms with Gasteiger partial charge in [-0.15, -0.1) is 0 Å². The van der Waals surface area contributed by atoms with Crippen molar-refractivity contribution >= 4 is 11.4 Å². The van der Waals surface area contributed by atoms with Gasteiger partial charge in [-0.2, -0.15) is 0 Å². The second kappa shape index (κ2) is 4.95. The lowest BCUT2D eigenvalue weighted by Crippen LogP contribution is -2.17. The van der Waals surface area contributed by atoms with Gasteiger partial charge < -0.3 is 15.8 Å². The number of benzene rings is 1. The molecule has 2 aliphatic rings. The third-order valence-electron chi connectivity index (χ3n) is 4.46. The molecule has 3 heteroatoms. The van der Waals surface area contributed by atoms with Crippen molar-refractivity contribution in [1.29, 1.82) is 0 Å². The lowest BCUT2D eigenvalue weighted by atomic mass is 10.0. The molecule has 1 aromatic rings. The zero-order valence-corrected chi connectivity index (χ0v) is 11.7. The Labute approximate surface area is 115 Å². The smallest absolute Gasteiger partial charge is 0.144 e. The Morgan fingerprint density at radius 1 is 1.37 bits per heavy atom. The predicted molar refractivity (Wildman–Crippen MR) is 79.5 cm³/mol. The molecule has 0 amide bonds. The van der Waals surface area contributed by atoms with Gasteiger partial charge in [0.1, 0.15) is 5.75 Å². The largest absolute Gasteiger partial charge is 0.491 e. The van der Waals surface area contributed by atoms with Gasteiger partial charge in [0.15, 0.2) is 0 Å². The van der Waals surface area contributed by atoms with Gasteiger partial charge >= 0.3 is 0 Å². The van der Waals surface area contributed by atoms with Crippen LogP contribution in [0.5, 0.6) is 5.75 Å². The molecule has 0 saturated heterocycles. The summed E-state index contributed by atoms with van der Waals surface area (Å²) in [5, 5.41) is 3.58. The van der Waals surface area contributed by atoms with Crippen molar-refractivity contribution in [3.8, 4) is 5.75 Å². The monoisotopic (exact) mass is 260 g/mol. The average Bonchev–Trinajstić information content (AvgIpc) is 3.28. The van der Waals surface area contributed by atoms with Gasteiger partial charge in [-0.3, -0.25) is 0 Å². The van der Waals surface area contributed by atoms with Crippen LogP contribution in [0.25, 0.3) is 0 Å². The van der Waals surface area contributed by atoms with Gasteiger partial charge in [-0.1, -0.05) is 6.92 Å². The number of hydrogen-bond acceptors (Lipinski definition) is 3. The second-order valence-electron chi connectivity index (χ2n) is 6.09. The SMILES string of the molecule is CCCOc1cc(NCC2(C3CC3)CC2)ccc1N. The first kappa shape index (κ1) is 12.6. The molecular weight excluding hydrogens is 236 g/mol. The van der Waals surface area contributed by atoms with Crippen LogP contribution in [-0.4, -0.2) is 13.2 Å². The number of nitrogen functional groups attached to an aromatic ring is 1. The Balaban J connectivity index is 1.61.